The minimum Gasteiger partial charge on any atom is -0.350 e. The number of allylic oxidation sites excluding steroid dienone is 1. The number of hydrogen-bond acceptors (Lipinski definition) is 3. The van der Waals surface area contributed by atoms with Crippen LogP contribution in [0.25, 0.3) is 0 Å². The number of nitrogens with zero attached hydrogens (tertiary/aromatic N) is 1. The standard InChI is InChI=1S/C15H15F3N2O2S/c1-2-3-9-4-5-10(8-11(9)15(16,17)18)14(23)20-7-6-12(20)13(21)19-22/h2,4-5,8,12,22H,1,3,6-7H2,(H,19,21). The maximum absolute atomic E-state index is 13.2. The number of carbonyl (C=O) groups excluding carboxylic acids is 1. The van der Waals surface area contributed by atoms with E-state index in [1.165, 1.54) is 28.6 Å². The summed E-state index contributed by atoms with van der Waals surface area (Å²) in [6.07, 6.45) is -2.52. The van der Waals surface area contributed by atoms with Gasteiger partial charge in [0.1, 0.15) is 11.0 Å². The van der Waals surface area contributed by atoms with Crippen molar-refractivity contribution < 1.29 is 23.2 Å². The third-order valence-corrected chi connectivity index (χ3v) is 4.19. The summed E-state index contributed by atoms with van der Waals surface area (Å²) < 4.78 is 39.5. The van der Waals surface area contributed by atoms with Crippen molar-refractivity contribution in [3.05, 3.63) is 47.5 Å². The number of amides is 1. The molecule has 0 radical (unpaired) electrons. The van der Waals surface area contributed by atoms with Gasteiger partial charge in [-0.1, -0.05) is 30.4 Å². The van der Waals surface area contributed by atoms with E-state index in [2.05, 4.69) is 6.58 Å². The van der Waals surface area contributed by atoms with E-state index in [1.807, 2.05) is 0 Å². The van der Waals surface area contributed by atoms with Gasteiger partial charge in [0.2, 0.25) is 0 Å². The van der Waals surface area contributed by atoms with Crippen LogP contribution in [0, 0.1) is 0 Å². The number of rotatable bonds is 4. The van der Waals surface area contributed by atoms with Crippen molar-refractivity contribution in [3.8, 4) is 0 Å². The van der Waals surface area contributed by atoms with Crippen molar-refractivity contribution in [2.45, 2.75) is 25.1 Å². The van der Waals surface area contributed by atoms with Gasteiger partial charge in [-0.25, -0.2) is 5.48 Å². The van der Waals surface area contributed by atoms with E-state index in [9.17, 15) is 18.0 Å². The molecule has 124 valence electrons. The normalized spacial score (nSPS) is 17.4. The quantitative estimate of drug-likeness (QED) is 0.382. The van der Waals surface area contributed by atoms with Crippen LogP contribution in [0.15, 0.2) is 30.9 Å². The number of halogens is 3. The van der Waals surface area contributed by atoms with Gasteiger partial charge < -0.3 is 4.90 Å². The van der Waals surface area contributed by atoms with E-state index < -0.39 is 23.7 Å². The molecule has 4 nitrogen and oxygen atoms in total. The Morgan fingerprint density at radius 3 is 2.70 bits per heavy atom. The van der Waals surface area contributed by atoms with Crippen LogP contribution < -0.4 is 5.48 Å². The fourth-order valence-corrected chi connectivity index (χ4v) is 2.80. The average Bonchev–Trinajstić information content (AvgIpc) is 2.45. The number of likely N-dealkylation sites (tertiary alicyclic amines) is 1. The first-order chi connectivity index (χ1) is 10.8. The first kappa shape index (κ1) is 17.4. The van der Waals surface area contributed by atoms with Gasteiger partial charge >= 0.3 is 6.18 Å². The lowest BCUT2D eigenvalue weighted by atomic mass is 9.97. The van der Waals surface area contributed by atoms with Crippen LogP contribution in [0.2, 0.25) is 0 Å². The molecule has 23 heavy (non-hydrogen) atoms. The molecule has 1 aromatic carbocycles. The highest BCUT2D eigenvalue weighted by Gasteiger charge is 2.37. The molecule has 1 amide bonds. The molecule has 1 atom stereocenters. The predicted molar refractivity (Wildman–Crippen MR) is 82.1 cm³/mol. The Labute approximate surface area is 136 Å². The smallest absolute Gasteiger partial charge is 0.350 e. The summed E-state index contributed by atoms with van der Waals surface area (Å²) in [5, 5.41) is 8.66. The van der Waals surface area contributed by atoms with Gasteiger partial charge in [-0.15, -0.1) is 6.58 Å². The zero-order valence-corrected chi connectivity index (χ0v) is 12.9. The summed E-state index contributed by atoms with van der Waals surface area (Å²) >= 11 is 5.21. The Morgan fingerprint density at radius 2 is 2.22 bits per heavy atom. The first-order valence-electron chi connectivity index (χ1n) is 6.85. The molecule has 1 unspecified atom stereocenters. The van der Waals surface area contributed by atoms with Crippen LogP contribution in [-0.2, 0) is 17.4 Å². The Balaban J connectivity index is 2.31. The number of carbonyl (C=O) groups is 1. The van der Waals surface area contributed by atoms with E-state index >= 15 is 0 Å². The summed E-state index contributed by atoms with van der Waals surface area (Å²) in [6, 6.07) is 3.21. The monoisotopic (exact) mass is 344 g/mol. The highest BCUT2D eigenvalue weighted by atomic mass is 32.1. The molecule has 1 aliphatic rings. The van der Waals surface area contributed by atoms with Crippen molar-refractivity contribution in [2.24, 2.45) is 0 Å². The summed E-state index contributed by atoms with van der Waals surface area (Å²) in [7, 11) is 0. The number of hydrogen-bond donors (Lipinski definition) is 2. The molecular weight excluding hydrogens is 329 g/mol. The third kappa shape index (κ3) is 3.53. The zero-order valence-electron chi connectivity index (χ0n) is 12.1. The van der Waals surface area contributed by atoms with Gasteiger partial charge in [0.15, 0.2) is 0 Å². The number of hydroxylamine groups is 1. The summed E-state index contributed by atoms with van der Waals surface area (Å²) in [4.78, 5) is 13.1. The molecule has 1 saturated heterocycles. The SMILES string of the molecule is C=CCc1ccc(C(=S)N2CCC2C(=O)NO)cc1C(F)(F)F. The van der Waals surface area contributed by atoms with E-state index in [4.69, 9.17) is 17.4 Å². The summed E-state index contributed by atoms with van der Waals surface area (Å²) in [5.41, 5.74) is 1.11. The number of nitrogens with one attached hydrogen (secondary N) is 1. The van der Waals surface area contributed by atoms with Gasteiger partial charge in [0.25, 0.3) is 5.91 Å². The van der Waals surface area contributed by atoms with Crippen LogP contribution in [0.1, 0.15) is 23.1 Å². The second kappa shape index (κ2) is 6.67. The number of benzene rings is 1. The molecule has 0 spiro atoms. The van der Waals surface area contributed by atoms with Crippen LogP contribution in [0.4, 0.5) is 13.2 Å². The maximum Gasteiger partial charge on any atom is 0.416 e. The maximum atomic E-state index is 13.2. The molecule has 0 aromatic heterocycles. The minimum atomic E-state index is -4.50. The van der Waals surface area contributed by atoms with Crippen molar-refractivity contribution in [1.82, 2.24) is 10.4 Å². The molecule has 0 bridgehead atoms. The second-order valence-corrected chi connectivity index (χ2v) is 5.53. The van der Waals surface area contributed by atoms with E-state index in [-0.39, 0.29) is 22.5 Å². The summed E-state index contributed by atoms with van der Waals surface area (Å²) in [5.74, 6) is -0.627. The van der Waals surface area contributed by atoms with Crippen LogP contribution in [-0.4, -0.2) is 33.6 Å². The highest BCUT2D eigenvalue weighted by Crippen LogP contribution is 2.34. The van der Waals surface area contributed by atoms with Gasteiger partial charge in [0.05, 0.1) is 5.56 Å². The van der Waals surface area contributed by atoms with E-state index in [0.717, 1.165) is 6.07 Å². The largest absolute Gasteiger partial charge is 0.416 e. The Morgan fingerprint density at radius 1 is 1.52 bits per heavy atom. The van der Waals surface area contributed by atoms with E-state index in [1.54, 1.807) is 0 Å². The molecule has 1 fully saturated rings. The van der Waals surface area contributed by atoms with Gasteiger partial charge in [-0.2, -0.15) is 13.2 Å². The van der Waals surface area contributed by atoms with Gasteiger partial charge in [-0.3, -0.25) is 10.0 Å². The van der Waals surface area contributed by atoms with Crippen molar-refractivity contribution in [1.29, 1.82) is 0 Å². The van der Waals surface area contributed by atoms with E-state index in [0.29, 0.717) is 13.0 Å². The van der Waals surface area contributed by atoms with Crippen LogP contribution in [0.3, 0.4) is 0 Å². The zero-order chi connectivity index (χ0) is 17.2. The predicted octanol–water partition coefficient (Wildman–Crippen LogP) is 2.69. The Bertz CT molecular complexity index is 646. The molecule has 1 aliphatic heterocycles. The minimum absolute atomic E-state index is 0.0984. The van der Waals surface area contributed by atoms with Crippen molar-refractivity contribution in [3.63, 3.8) is 0 Å². The second-order valence-electron chi connectivity index (χ2n) is 5.14. The van der Waals surface area contributed by atoms with Gasteiger partial charge in [0, 0.05) is 12.1 Å². The fraction of sp³-hybridized carbons (Fsp3) is 0.333. The lowest BCUT2D eigenvalue weighted by Gasteiger charge is -2.41. The summed E-state index contributed by atoms with van der Waals surface area (Å²) in [6.45, 7) is 3.91. The molecule has 8 heteroatoms. The Hall–Kier alpha value is -1.93. The topological polar surface area (TPSA) is 52.6 Å². The molecule has 1 aromatic rings. The molecule has 1 heterocycles. The van der Waals surface area contributed by atoms with Gasteiger partial charge in [-0.05, 0) is 24.5 Å². The molecule has 2 N–H and O–H groups in total. The lowest BCUT2D eigenvalue weighted by molar-refractivity contribution is -0.138. The average molecular weight is 344 g/mol. The number of thiocarbonyl (C=S) groups is 1. The molecule has 2 rings (SSSR count). The first-order valence-corrected chi connectivity index (χ1v) is 7.26. The number of alkyl halides is 3. The molecule has 0 aliphatic carbocycles. The fourth-order valence-electron chi connectivity index (χ4n) is 2.45. The van der Waals surface area contributed by atoms with Crippen molar-refractivity contribution in [2.75, 3.05) is 6.54 Å². The highest BCUT2D eigenvalue weighted by molar-refractivity contribution is 7.80. The lowest BCUT2D eigenvalue weighted by Crippen LogP contribution is -2.57. The molecule has 0 saturated carbocycles. The van der Waals surface area contributed by atoms with Crippen LogP contribution in [0.5, 0.6) is 0 Å². The van der Waals surface area contributed by atoms with Crippen molar-refractivity contribution >= 4 is 23.1 Å². The Kier molecular flexibility index (Phi) is 5.06. The van der Waals surface area contributed by atoms with Crippen LogP contribution >= 0.6 is 12.2 Å². The third-order valence-electron chi connectivity index (χ3n) is 3.72. The molecular formula is C15H15F3N2O2S.